The van der Waals surface area contributed by atoms with Gasteiger partial charge in [-0.05, 0) is 30.3 Å². The van der Waals surface area contributed by atoms with Crippen molar-refractivity contribution in [2.24, 2.45) is 0 Å². The number of nitrogens with zero attached hydrogens (tertiary/aromatic N) is 1. The summed E-state index contributed by atoms with van der Waals surface area (Å²) in [6.07, 6.45) is 0. The molecule has 0 aliphatic carbocycles. The van der Waals surface area contributed by atoms with Gasteiger partial charge in [0.05, 0.1) is 11.4 Å². The number of nitrogen functional groups attached to an aromatic ring is 1. The predicted octanol–water partition coefficient (Wildman–Crippen LogP) is 3.95. The molecule has 19 heavy (non-hydrogen) atoms. The summed E-state index contributed by atoms with van der Waals surface area (Å²) in [5.41, 5.74) is 6.84. The normalized spacial score (nSPS) is 10.5. The van der Waals surface area contributed by atoms with Gasteiger partial charge in [0.1, 0.15) is 11.6 Å². The van der Waals surface area contributed by atoms with Crippen LogP contribution in [0.1, 0.15) is 5.56 Å². The molecule has 0 amide bonds. The molecule has 0 spiro atoms. The van der Waals surface area contributed by atoms with Crippen molar-refractivity contribution in [3.05, 3.63) is 58.1 Å². The van der Waals surface area contributed by atoms with Gasteiger partial charge >= 0.3 is 0 Å². The molecule has 0 aliphatic rings. The Labute approximate surface area is 119 Å². The van der Waals surface area contributed by atoms with E-state index in [4.69, 9.17) is 5.73 Å². The van der Waals surface area contributed by atoms with Gasteiger partial charge in [0.2, 0.25) is 0 Å². The van der Waals surface area contributed by atoms with E-state index in [1.54, 1.807) is 36.2 Å². The van der Waals surface area contributed by atoms with Crippen molar-refractivity contribution in [1.29, 1.82) is 0 Å². The lowest BCUT2D eigenvalue weighted by Gasteiger charge is -2.22. The fourth-order valence-electron chi connectivity index (χ4n) is 1.93. The number of halogens is 3. The summed E-state index contributed by atoms with van der Waals surface area (Å²) >= 11 is 3.29. The smallest absolute Gasteiger partial charge is 0.148 e. The average Bonchev–Trinajstić information content (AvgIpc) is 2.33. The molecule has 0 fully saturated rings. The topological polar surface area (TPSA) is 29.3 Å². The van der Waals surface area contributed by atoms with Gasteiger partial charge in [-0.25, -0.2) is 8.78 Å². The van der Waals surface area contributed by atoms with Crippen LogP contribution in [-0.2, 0) is 6.54 Å². The Morgan fingerprint density at radius 3 is 2.58 bits per heavy atom. The Balaban J connectivity index is 2.31. The Hall–Kier alpha value is -1.62. The number of para-hydroxylation sites is 1. The first kappa shape index (κ1) is 13.8. The van der Waals surface area contributed by atoms with Gasteiger partial charge in [-0.3, -0.25) is 0 Å². The third-order valence-corrected chi connectivity index (χ3v) is 3.31. The van der Waals surface area contributed by atoms with Crippen LogP contribution >= 0.6 is 15.9 Å². The van der Waals surface area contributed by atoms with E-state index >= 15 is 0 Å². The minimum atomic E-state index is -0.419. The van der Waals surface area contributed by atoms with E-state index in [0.29, 0.717) is 11.3 Å². The van der Waals surface area contributed by atoms with Crippen LogP contribution in [0.2, 0.25) is 0 Å². The zero-order chi connectivity index (χ0) is 14.0. The molecule has 5 heteroatoms. The zero-order valence-electron chi connectivity index (χ0n) is 10.3. The maximum Gasteiger partial charge on any atom is 0.148 e. The number of hydrogen-bond donors (Lipinski definition) is 1. The lowest BCUT2D eigenvalue weighted by atomic mass is 10.1. The molecule has 0 unspecified atom stereocenters. The van der Waals surface area contributed by atoms with Crippen LogP contribution in [0.25, 0.3) is 0 Å². The molecule has 2 N–H and O–H groups in total. The van der Waals surface area contributed by atoms with Crippen molar-refractivity contribution in [3.8, 4) is 0 Å². The van der Waals surface area contributed by atoms with Gasteiger partial charge < -0.3 is 10.6 Å². The van der Waals surface area contributed by atoms with Crippen molar-refractivity contribution in [2.75, 3.05) is 17.7 Å². The van der Waals surface area contributed by atoms with Gasteiger partial charge in [-0.1, -0.05) is 22.0 Å². The second-order valence-electron chi connectivity index (χ2n) is 4.27. The molecule has 0 aromatic heterocycles. The number of nitrogens with two attached hydrogens (primary N) is 1. The molecule has 2 aromatic rings. The second-order valence-corrected chi connectivity index (χ2v) is 5.19. The first-order valence-corrected chi connectivity index (χ1v) is 6.47. The Kier molecular flexibility index (Phi) is 4.04. The maximum absolute atomic E-state index is 13.8. The maximum atomic E-state index is 13.8. The molecular weight excluding hydrogens is 314 g/mol. The van der Waals surface area contributed by atoms with Crippen LogP contribution in [0, 0.1) is 11.6 Å². The zero-order valence-corrected chi connectivity index (χ0v) is 11.9. The van der Waals surface area contributed by atoms with Crippen LogP contribution < -0.4 is 10.6 Å². The van der Waals surface area contributed by atoms with Crippen molar-refractivity contribution in [2.45, 2.75) is 6.54 Å². The molecule has 0 bridgehead atoms. The Morgan fingerprint density at radius 2 is 1.89 bits per heavy atom. The molecule has 2 aromatic carbocycles. The molecular formula is C14H13BrF2N2. The first-order chi connectivity index (χ1) is 8.99. The van der Waals surface area contributed by atoms with Crippen molar-refractivity contribution < 1.29 is 8.78 Å². The molecule has 2 nitrogen and oxygen atoms in total. The highest BCUT2D eigenvalue weighted by Crippen LogP contribution is 2.27. The van der Waals surface area contributed by atoms with E-state index < -0.39 is 5.82 Å². The summed E-state index contributed by atoms with van der Waals surface area (Å²) in [5, 5.41) is 0. The summed E-state index contributed by atoms with van der Waals surface area (Å²) in [6.45, 7) is 0.233. The van der Waals surface area contributed by atoms with Gasteiger partial charge in [0.15, 0.2) is 0 Å². The molecule has 2 rings (SSSR count). The minimum Gasteiger partial charge on any atom is -0.397 e. The molecule has 0 radical (unpaired) electrons. The summed E-state index contributed by atoms with van der Waals surface area (Å²) in [6, 6.07) is 9.16. The fraction of sp³-hybridized carbons (Fsp3) is 0.143. The van der Waals surface area contributed by atoms with E-state index in [0.717, 1.165) is 4.47 Å². The van der Waals surface area contributed by atoms with E-state index in [9.17, 15) is 8.78 Å². The molecule has 0 saturated carbocycles. The summed E-state index contributed by atoms with van der Waals surface area (Å²) < 4.78 is 28.2. The summed E-state index contributed by atoms with van der Waals surface area (Å²) in [5.74, 6) is -0.747. The third kappa shape index (κ3) is 3.04. The number of hydrogen-bond acceptors (Lipinski definition) is 2. The van der Waals surface area contributed by atoms with E-state index in [1.807, 2.05) is 0 Å². The molecule has 0 atom stereocenters. The van der Waals surface area contributed by atoms with Gasteiger partial charge in [-0.2, -0.15) is 0 Å². The number of anilines is 2. The van der Waals surface area contributed by atoms with Crippen molar-refractivity contribution >= 4 is 27.3 Å². The summed E-state index contributed by atoms with van der Waals surface area (Å²) in [7, 11) is 1.68. The van der Waals surface area contributed by atoms with E-state index in [1.165, 1.54) is 12.1 Å². The Morgan fingerprint density at radius 1 is 1.16 bits per heavy atom. The second kappa shape index (κ2) is 5.57. The number of benzene rings is 2. The van der Waals surface area contributed by atoms with Gasteiger partial charge in [-0.15, -0.1) is 0 Å². The van der Waals surface area contributed by atoms with Crippen LogP contribution in [-0.4, -0.2) is 7.05 Å². The first-order valence-electron chi connectivity index (χ1n) is 5.68. The quantitative estimate of drug-likeness (QED) is 0.865. The van der Waals surface area contributed by atoms with Crippen LogP contribution in [0.4, 0.5) is 20.2 Å². The Bertz CT molecular complexity index is 582. The van der Waals surface area contributed by atoms with Crippen LogP contribution in [0.5, 0.6) is 0 Å². The largest absolute Gasteiger partial charge is 0.397 e. The molecule has 0 aliphatic heterocycles. The van der Waals surface area contributed by atoms with Crippen LogP contribution in [0.3, 0.4) is 0 Å². The van der Waals surface area contributed by atoms with Crippen molar-refractivity contribution in [3.63, 3.8) is 0 Å². The van der Waals surface area contributed by atoms with Gasteiger partial charge in [0, 0.05) is 23.6 Å². The van der Waals surface area contributed by atoms with Crippen molar-refractivity contribution in [1.82, 2.24) is 0 Å². The summed E-state index contributed by atoms with van der Waals surface area (Å²) in [4.78, 5) is 1.59. The minimum absolute atomic E-state index is 0.233. The highest BCUT2D eigenvalue weighted by molar-refractivity contribution is 9.10. The van der Waals surface area contributed by atoms with Crippen LogP contribution in [0.15, 0.2) is 40.9 Å². The van der Waals surface area contributed by atoms with Gasteiger partial charge in [0.25, 0.3) is 0 Å². The van der Waals surface area contributed by atoms with E-state index in [-0.39, 0.29) is 18.0 Å². The SMILES string of the molecule is CN(Cc1cc(Br)ccc1F)c1c(N)cccc1F. The standard InChI is InChI=1S/C14H13BrF2N2/c1-19(14-12(17)3-2-4-13(14)18)8-9-7-10(15)5-6-11(9)16/h2-7H,8,18H2,1H3. The van der Waals surface area contributed by atoms with E-state index in [2.05, 4.69) is 15.9 Å². The molecule has 100 valence electrons. The fourth-order valence-corrected chi connectivity index (χ4v) is 2.34. The predicted molar refractivity (Wildman–Crippen MR) is 77.0 cm³/mol. The highest BCUT2D eigenvalue weighted by atomic mass is 79.9. The lowest BCUT2D eigenvalue weighted by Crippen LogP contribution is -2.20. The average molecular weight is 327 g/mol. The molecule has 0 heterocycles. The number of rotatable bonds is 3. The lowest BCUT2D eigenvalue weighted by molar-refractivity contribution is 0.601. The third-order valence-electron chi connectivity index (χ3n) is 2.81. The highest BCUT2D eigenvalue weighted by Gasteiger charge is 2.13. The monoisotopic (exact) mass is 326 g/mol. The molecule has 0 saturated heterocycles.